The number of nitrogens with two attached hydrogens (primary N) is 1. The van der Waals surface area contributed by atoms with Crippen LogP contribution >= 0.6 is 0 Å². The smallest absolute Gasteiger partial charge is 0.325 e. The lowest BCUT2D eigenvalue weighted by molar-refractivity contribution is -0.173. The van der Waals surface area contributed by atoms with E-state index in [4.69, 9.17) is 5.73 Å². The van der Waals surface area contributed by atoms with Crippen molar-refractivity contribution in [2.24, 2.45) is 11.1 Å². The highest BCUT2D eigenvalue weighted by atomic mass is 16.7. The van der Waals surface area contributed by atoms with Gasteiger partial charge >= 0.3 is 11.9 Å². The van der Waals surface area contributed by atoms with Gasteiger partial charge in [-0.3, -0.25) is 9.59 Å². The Hall–Kier alpha value is -1.10. The standard InChI is InChI=1S/C9H17NO4/c1-6(10)7(11)13-5-14-8(12)9(2,3)4/h6H,5,10H2,1-4H3/t6-/m0/s1. The normalized spacial score (nSPS) is 13.2. The lowest BCUT2D eigenvalue weighted by Gasteiger charge is -2.16. The quantitative estimate of drug-likeness (QED) is 0.531. The third-order valence-electron chi connectivity index (χ3n) is 1.38. The summed E-state index contributed by atoms with van der Waals surface area (Å²) in [5, 5.41) is 0. The second-order valence-corrected chi connectivity index (χ2v) is 4.05. The molecule has 0 rings (SSSR count). The summed E-state index contributed by atoms with van der Waals surface area (Å²) in [4.78, 5) is 22.0. The Balaban J connectivity index is 3.76. The highest BCUT2D eigenvalue weighted by Crippen LogP contribution is 2.14. The van der Waals surface area contributed by atoms with Gasteiger partial charge in [0.2, 0.25) is 6.79 Å². The second kappa shape index (κ2) is 4.95. The number of esters is 2. The molecule has 82 valence electrons. The molecule has 0 aromatic carbocycles. The fraction of sp³-hybridized carbons (Fsp3) is 0.778. The summed E-state index contributed by atoms with van der Waals surface area (Å²) in [5.41, 5.74) is 4.63. The van der Waals surface area contributed by atoms with Crippen LogP contribution in [0.5, 0.6) is 0 Å². The molecule has 0 amide bonds. The van der Waals surface area contributed by atoms with Crippen LogP contribution in [0.3, 0.4) is 0 Å². The first kappa shape index (κ1) is 12.9. The van der Waals surface area contributed by atoms with Gasteiger partial charge in [-0.2, -0.15) is 0 Å². The molecule has 0 aliphatic carbocycles. The zero-order valence-electron chi connectivity index (χ0n) is 8.99. The van der Waals surface area contributed by atoms with Crippen molar-refractivity contribution in [3.63, 3.8) is 0 Å². The van der Waals surface area contributed by atoms with Crippen LogP contribution in [0, 0.1) is 5.41 Å². The van der Waals surface area contributed by atoms with Crippen molar-refractivity contribution in [1.82, 2.24) is 0 Å². The topological polar surface area (TPSA) is 78.6 Å². The summed E-state index contributed by atoms with van der Waals surface area (Å²) in [5.74, 6) is -1.01. The Morgan fingerprint density at radius 1 is 1.29 bits per heavy atom. The molecule has 0 aliphatic rings. The minimum atomic E-state index is -0.705. The molecule has 1 atom stereocenters. The number of rotatable bonds is 3. The summed E-state index contributed by atoms with van der Waals surface area (Å²) in [6.07, 6.45) is 0. The molecule has 0 aromatic heterocycles. The van der Waals surface area contributed by atoms with Crippen LogP contribution in [0.25, 0.3) is 0 Å². The van der Waals surface area contributed by atoms with E-state index >= 15 is 0 Å². The summed E-state index contributed by atoms with van der Waals surface area (Å²) in [6, 6.07) is -0.705. The Labute approximate surface area is 83.5 Å². The molecular formula is C9H17NO4. The molecule has 0 aliphatic heterocycles. The first-order chi connectivity index (χ1) is 6.25. The van der Waals surface area contributed by atoms with Gasteiger partial charge in [-0.15, -0.1) is 0 Å². The first-order valence-electron chi connectivity index (χ1n) is 4.34. The van der Waals surface area contributed by atoms with Crippen molar-refractivity contribution in [2.45, 2.75) is 33.7 Å². The number of ether oxygens (including phenoxy) is 2. The molecule has 5 nitrogen and oxygen atoms in total. The Bertz CT molecular complexity index is 217. The second-order valence-electron chi connectivity index (χ2n) is 4.05. The van der Waals surface area contributed by atoms with Gasteiger partial charge < -0.3 is 15.2 Å². The molecule has 0 bridgehead atoms. The largest absolute Gasteiger partial charge is 0.427 e. The predicted octanol–water partition coefficient (Wildman–Crippen LogP) is 0.424. The minimum absolute atomic E-state index is 0.378. The average Bonchev–Trinajstić information content (AvgIpc) is 2.01. The maximum Gasteiger partial charge on any atom is 0.325 e. The van der Waals surface area contributed by atoms with Gasteiger partial charge in [-0.05, 0) is 27.7 Å². The van der Waals surface area contributed by atoms with Gasteiger partial charge in [0.25, 0.3) is 0 Å². The van der Waals surface area contributed by atoms with Gasteiger partial charge in [0, 0.05) is 0 Å². The molecule has 2 N–H and O–H groups in total. The van der Waals surface area contributed by atoms with Crippen molar-refractivity contribution in [3.8, 4) is 0 Å². The zero-order valence-corrected chi connectivity index (χ0v) is 8.99. The highest BCUT2D eigenvalue weighted by molar-refractivity contribution is 5.76. The fourth-order valence-electron chi connectivity index (χ4n) is 0.489. The molecule has 0 radical (unpaired) electrons. The number of hydrogen-bond acceptors (Lipinski definition) is 5. The van der Waals surface area contributed by atoms with E-state index in [1.165, 1.54) is 6.92 Å². The zero-order chi connectivity index (χ0) is 11.4. The molecular weight excluding hydrogens is 186 g/mol. The summed E-state index contributed by atoms with van der Waals surface area (Å²) < 4.78 is 9.25. The molecule has 0 aromatic rings. The number of carbonyl (C=O) groups excluding carboxylic acids is 2. The van der Waals surface area contributed by atoms with Gasteiger partial charge in [-0.1, -0.05) is 0 Å². The van der Waals surface area contributed by atoms with Crippen molar-refractivity contribution >= 4 is 11.9 Å². The summed E-state index contributed by atoms with van der Waals surface area (Å²) in [7, 11) is 0. The Morgan fingerprint density at radius 3 is 2.14 bits per heavy atom. The van der Waals surface area contributed by atoms with E-state index in [2.05, 4.69) is 9.47 Å². The molecule has 0 heterocycles. The first-order valence-corrected chi connectivity index (χ1v) is 4.34. The molecule has 5 heteroatoms. The maximum absolute atomic E-state index is 11.2. The molecule has 0 fully saturated rings. The summed E-state index contributed by atoms with van der Waals surface area (Å²) >= 11 is 0. The minimum Gasteiger partial charge on any atom is -0.427 e. The monoisotopic (exact) mass is 203 g/mol. The lowest BCUT2D eigenvalue weighted by atomic mass is 9.98. The van der Waals surface area contributed by atoms with Gasteiger partial charge in [0.1, 0.15) is 6.04 Å². The molecule has 0 spiro atoms. The van der Waals surface area contributed by atoms with Crippen LogP contribution in [-0.4, -0.2) is 24.8 Å². The van der Waals surface area contributed by atoms with E-state index in [0.29, 0.717) is 0 Å². The van der Waals surface area contributed by atoms with Gasteiger partial charge in [0.05, 0.1) is 5.41 Å². The molecule has 0 saturated heterocycles. The van der Waals surface area contributed by atoms with E-state index in [1.54, 1.807) is 20.8 Å². The van der Waals surface area contributed by atoms with E-state index in [0.717, 1.165) is 0 Å². The van der Waals surface area contributed by atoms with Crippen LogP contribution in [0.15, 0.2) is 0 Å². The van der Waals surface area contributed by atoms with Crippen molar-refractivity contribution in [1.29, 1.82) is 0 Å². The Kier molecular flexibility index (Phi) is 4.56. The van der Waals surface area contributed by atoms with E-state index < -0.39 is 23.4 Å². The van der Waals surface area contributed by atoms with Crippen molar-refractivity contribution < 1.29 is 19.1 Å². The van der Waals surface area contributed by atoms with Crippen molar-refractivity contribution in [2.75, 3.05) is 6.79 Å². The fourth-order valence-corrected chi connectivity index (χ4v) is 0.489. The van der Waals surface area contributed by atoms with E-state index in [9.17, 15) is 9.59 Å². The van der Waals surface area contributed by atoms with Crippen molar-refractivity contribution in [3.05, 3.63) is 0 Å². The average molecular weight is 203 g/mol. The molecule has 0 unspecified atom stereocenters. The summed E-state index contributed by atoms with van der Waals surface area (Å²) in [6.45, 7) is 6.25. The third-order valence-corrected chi connectivity index (χ3v) is 1.38. The van der Waals surface area contributed by atoms with E-state index in [-0.39, 0.29) is 6.79 Å². The van der Waals surface area contributed by atoms with Crippen LogP contribution in [0.2, 0.25) is 0 Å². The van der Waals surface area contributed by atoms with Crippen LogP contribution in [-0.2, 0) is 19.1 Å². The lowest BCUT2D eigenvalue weighted by Crippen LogP contribution is -2.31. The van der Waals surface area contributed by atoms with Crippen LogP contribution in [0.4, 0.5) is 0 Å². The molecule has 0 saturated carbocycles. The highest BCUT2D eigenvalue weighted by Gasteiger charge is 2.23. The van der Waals surface area contributed by atoms with Gasteiger partial charge in [-0.25, -0.2) is 0 Å². The number of hydrogen-bond donors (Lipinski definition) is 1. The van der Waals surface area contributed by atoms with Crippen LogP contribution in [0.1, 0.15) is 27.7 Å². The van der Waals surface area contributed by atoms with Crippen LogP contribution < -0.4 is 5.73 Å². The SMILES string of the molecule is C[C@H](N)C(=O)OCOC(=O)C(C)(C)C. The Morgan fingerprint density at radius 2 is 1.79 bits per heavy atom. The maximum atomic E-state index is 11.2. The molecule has 14 heavy (non-hydrogen) atoms. The number of carbonyl (C=O) groups is 2. The van der Waals surface area contributed by atoms with E-state index in [1.807, 2.05) is 0 Å². The third kappa shape index (κ3) is 4.81. The van der Waals surface area contributed by atoms with Gasteiger partial charge in [0.15, 0.2) is 0 Å². The predicted molar refractivity (Wildman–Crippen MR) is 50.2 cm³/mol.